The van der Waals surface area contributed by atoms with E-state index in [2.05, 4.69) is 5.32 Å². The minimum atomic E-state index is -4.18. The Labute approximate surface area is 76.1 Å². The maximum absolute atomic E-state index is 12.4. The first-order chi connectivity index (χ1) is 6.05. The van der Waals surface area contributed by atoms with Gasteiger partial charge in [0.25, 0.3) is 0 Å². The summed E-state index contributed by atoms with van der Waals surface area (Å²) >= 11 is 0. The highest BCUT2D eigenvalue weighted by Crippen LogP contribution is 2.25. The normalized spacial score (nSPS) is 25.2. The van der Waals surface area contributed by atoms with Crippen molar-refractivity contribution < 1.29 is 13.2 Å². The van der Waals surface area contributed by atoms with E-state index in [-0.39, 0.29) is 12.6 Å². The van der Waals surface area contributed by atoms with E-state index in [1.165, 1.54) is 0 Å². The Balaban J connectivity index is 2.54. The summed E-state index contributed by atoms with van der Waals surface area (Å²) in [6, 6.07) is -0.376. The monoisotopic (exact) mass is 196 g/mol. The van der Waals surface area contributed by atoms with Gasteiger partial charge in [0.1, 0.15) is 0 Å². The predicted molar refractivity (Wildman–Crippen MR) is 44.3 cm³/mol. The fourth-order valence-electron chi connectivity index (χ4n) is 1.74. The third kappa shape index (κ3) is 2.84. The van der Waals surface area contributed by atoms with Crippen molar-refractivity contribution in [3.05, 3.63) is 0 Å². The Morgan fingerprint density at radius 2 is 2.15 bits per heavy atom. The highest BCUT2D eigenvalue weighted by atomic mass is 19.4. The maximum atomic E-state index is 12.4. The van der Waals surface area contributed by atoms with Crippen molar-refractivity contribution in [2.75, 3.05) is 19.6 Å². The van der Waals surface area contributed by atoms with Crippen LogP contribution in [0.2, 0.25) is 0 Å². The molecule has 1 N–H and O–H groups in total. The number of alkyl halides is 3. The van der Waals surface area contributed by atoms with Crippen LogP contribution in [0.25, 0.3) is 0 Å². The fraction of sp³-hybridized carbons (Fsp3) is 1.00. The van der Waals surface area contributed by atoms with Crippen LogP contribution in [0.4, 0.5) is 13.2 Å². The molecule has 0 aromatic carbocycles. The van der Waals surface area contributed by atoms with Crippen LogP contribution >= 0.6 is 0 Å². The highest BCUT2D eigenvalue weighted by Gasteiger charge is 2.40. The molecule has 0 aliphatic carbocycles. The lowest BCUT2D eigenvalue weighted by Crippen LogP contribution is -2.51. The molecule has 1 heterocycles. The Morgan fingerprint density at radius 3 is 2.54 bits per heavy atom. The van der Waals surface area contributed by atoms with E-state index >= 15 is 0 Å². The van der Waals surface area contributed by atoms with Crippen molar-refractivity contribution in [1.29, 1.82) is 0 Å². The minimum Gasteiger partial charge on any atom is -0.315 e. The number of rotatable bonds is 2. The third-order valence-electron chi connectivity index (χ3n) is 2.38. The second-order valence-electron chi connectivity index (χ2n) is 3.25. The number of hydrogen-bond acceptors (Lipinski definition) is 2. The topological polar surface area (TPSA) is 15.3 Å². The highest BCUT2D eigenvalue weighted by molar-refractivity contribution is 4.78. The van der Waals surface area contributed by atoms with Gasteiger partial charge in [-0.1, -0.05) is 6.92 Å². The molecular formula is C8H15F3N2. The zero-order chi connectivity index (χ0) is 9.90. The molecule has 0 spiro atoms. The number of hydrogen-bond donors (Lipinski definition) is 1. The maximum Gasteiger partial charge on any atom is 0.460 e. The molecule has 1 saturated heterocycles. The van der Waals surface area contributed by atoms with Gasteiger partial charge in [-0.2, -0.15) is 13.2 Å². The van der Waals surface area contributed by atoms with E-state index in [0.29, 0.717) is 17.9 Å². The van der Waals surface area contributed by atoms with Gasteiger partial charge < -0.3 is 5.32 Å². The average molecular weight is 196 g/mol. The van der Waals surface area contributed by atoms with Gasteiger partial charge in [-0.25, -0.2) is 4.90 Å². The smallest absolute Gasteiger partial charge is 0.315 e. The van der Waals surface area contributed by atoms with Crippen molar-refractivity contribution in [2.45, 2.75) is 32.1 Å². The van der Waals surface area contributed by atoms with Crippen molar-refractivity contribution in [3.8, 4) is 0 Å². The van der Waals surface area contributed by atoms with Crippen molar-refractivity contribution >= 4 is 0 Å². The largest absolute Gasteiger partial charge is 0.460 e. The van der Waals surface area contributed by atoms with Gasteiger partial charge in [0.15, 0.2) is 0 Å². The molecule has 2 nitrogen and oxygen atoms in total. The van der Waals surface area contributed by atoms with Gasteiger partial charge in [0, 0.05) is 19.1 Å². The molecule has 13 heavy (non-hydrogen) atoms. The van der Waals surface area contributed by atoms with Crippen LogP contribution < -0.4 is 5.32 Å². The molecule has 5 heteroatoms. The predicted octanol–water partition coefficient (Wildman–Crippen LogP) is 1.58. The van der Waals surface area contributed by atoms with Crippen LogP contribution in [0.1, 0.15) is 19.8 Å². The van der Waals surface area contributed by atoms with Gasteiger partial charge in [-0.05, 0) is 19.4 Å². The first-order valence-electron chi connectivity index (χ1n) is 4.60. The summed E-state index contributed by atoms with van der Waals surface area (Å²) in [5, 5.41) is 2.98. The van der Waals surface area contributed by atoms with Crippen LogP contribution in [-0.2, 0) is 0 Å². The SMILES string of the molecule is CCN([C@@H]1CCCNC1)C(F)(F)F. The van der Waals surface area contributed by atoms with Crippen molar-refractivity contribution in [1.82, 2.24) is 10.2 Å². The summed E-state index contributed by atoms with van der Waals surface area (Å²) < 4.78 is 37.2. The lowest BCUT2D eigenvalue weighted by molar-refractivity contribution is -0.258. The first-order valence-corrected chi connectivity index (χ1v) is 4.60. The molecule has 78 valence electrons. The lowest BCUT2D eigenvalue weighted by atomic mass is 10.1. The number of halogens is 3. The quantitative estimate of drug-likeness (QED) is 0.674. The van der Waals surface area contributed by atoms with E-state index in [1.807, 2.05) is 0 Å². The van der Waals surface area contributed by atoms with E-state index in [9.17, 15) is 13.2 Å². The van der Waals surface area contributed by atoms with Crippen LogP contribution in [0.3, 0.4) is 0 Å². The number of nitrogens with zero attached hydrogens (tertiary/aromatic N) is 1. The van der Waals surface area contributed by atoms with Gasteiger partial charge in [0.2, 0.25) is 0 Å². The van der Waals surface area contributed by atoms with Crippen LogP contribution in [0, 0.1) is 0 Å². The molecular weight excluding hydrogens is 181 g/mol. The summed E-state index contributed by atoms with van der Waals surface area (Å²) in [7, 11) is 0. The molecule has 0 amide bonds. The Bertz CT molecular complexity index is 152. The lowest BCUT2D eigenvalue weighted by Gasteiger charge is -2.34. The van der Waals surface area contributed by atoms with Crippen LogP contribution in [-0.4, -0.2) is 36.9 Å². The molecule has 0 bridgehead atoms. The average Bonchev–Trinajstić information content (AvgIpc) is 2.05. The molecule has 0 saturated carbocycles. The summed E-state index contributed by atoms with van der Waals surface area (Å²) in [4.78, 5) is 0.610. The first kappa shape index (κ1) is 10.8. The summed E-state index contributed by atoms with van der Waals surface area (Å²) in [5.74, 6) is 0. The summed E-state index contributed by atoms with van der Waals surface area (Å²) in [6.45, 7) is 2.87. The second-order valence-corrected chi connectivity index (χ2v) is 3.25. The molecule has 1 fully saturated rings. The molecule has 1 rings (SSSR count). The van der Waals surface area contributed by atoms with Gasteiger partial charge in [-0.15, -0.1) is 0 Å². The van der Waals surface area contributed by atoms with E-state index in [1.54, 1.807) is 6.92 Å². The molecule has 0 aromatic rings. The van der Waals surface area contributed by atoms with Gasteiger partial charge in [-0.3, -0.25) is 0 Å². The fourth-order valence-corrected chi connectivity index (χ4v) is 1.74. The van der Waals surface area contributed by atoms with Crippen LogP contribution in [0.5, 0.6) is 0 Å². The molecule has 0 aromatic heterocycles. The Hall–Kier alpha value is -0.290. The second kappa shape index (κ2) is 4.28. The minimum absolute atomic E-state index is 0.0375. The van der Waals surface area contributed by atoms with E-state index in [4.69, 9.17) is 0 Å². The van der Waals surface area contributed by atoms with E-state index in [0.717, 1.165) is 13.0 Å². The Morgan fingerprint density at radius 1 is 1.46 bits per heavy atom. The molecule has 0 unspecified atom stereocenters. The molecule has 0 radical (unpaired) electrons. The molecule has 1 aliphatic rings. The standard InChI is InChI=1S/C8H15F3N2/c1-2-13(8(9,10)11)7-4-3-5-12-6-7/h7,12H,2-6H2,1H3/t7-/m1/s1. The summed E-state index contributed by atoms with van der Waals surface area (Å²) in [5.41, 5.74) is 0. The zero-order valence-corrected chi connectivity index (χ0v) is 7.69. The number of nitrogens with one attached hydrogen (secondary N) is 1. The van der Waals surface area contributed by atoms with Crippen molar-refractivity contribution in [3.63, 3.8) is 0 Å². The summed E-state index contributed by atoms with van der Waals surface area (Å²) in [6.07, 6.45) is -2.71. The van der Waals surface area contributed by atoms with Gasteiger partial charge >= 0.3 is 6.30 Å². The molecule has 1 atom stereocenters. The molecule has 1 aliphatic heterocycles. The number of piperidine rings is 1. The van der Waals surface area contributed by atoms with E-state index < -0.39 is 6.30 Å². The third-order valence-corrected chi connectivity index (χ3v) is 2.38. The zero-order valence-electron chi connectivity index (χ0n) is 7.69. The van der Waals surface area contributed by atoms with Gasteiger partial charge in [0.05, 0.1) is 0 Å². The van der Waals surface area contributed by atoms with Crippen molar-refractivity contribution in [2.24, 2.45) is 0 Å². The number of likely N-dealkylation sites (N-methyl/N-ethyl adjacent to an activating group) is 1. The van der Waals surface area contributed by atoms with Crippen LogP contribution in [0.15, 0.2) is 0 Å². The Kier molecular flexibility index (Phi) is 3.55.